The zero-order valence-corrected chi connectivity index (χ0v) is 18.2. The first-order chi connectivity index (χ1) is 14.7. The fraction of sp³-hybridized carbons (Fsp3) is 0.500. The molecule has 2 N–H and O–H groups in total. The van der Waals surface area contributed by atoms with E-state index in [-0.39, 0.29) is 23.7 Å². The summed E-state index contributed by atoms with van der Waals surface area (Å²) in [5.41, 5.74) is 0. The molecule has 8 nitrogen and oxygen atoms in total. The molecule has 2 amide bonds. The number of aryl methyl sites for hydroxylation is 2. The van der Waals surface area contributed by atoms with Gasteiger partial charge in [0.1, 0.15) is 10.0 Å². The van der Waals surface area contributed by atoms with Crippen molar-refractivity contribution in [2.24, 2.45) is 11.8 Å². The average Bonchev–Trinajstić information content (AvgIpc) is 3.54. The van der Waals surface area contributed by atoms with E-state index in [2.05, 4.69) is 31.0 Å². The Labute approximate surface area is 182 Å². The highest BCUT2D eigenvalue weighted by Crippen LogP contribution is 2.24. The highest BCUT2D eigenvalue weighted by Gasteiger charge is 2.21. The van der Waals surface area contributed by atoms with Crippen LogP contribution in [0.5, 0.6) is 0 Å². The Hall–Kier alpha value is -2.46. The zero-order chi connectivity index (χ0) is 20.8. The Bertz CT molecular complexity index is 859. The second kappa shape index (κ2) is 10.0. The number of rotatable bonds is 9. The van der Waals surface area contributed by atoms with Gasteiger partial charge in [0.2, 0.25) is 22.1 Å². The number of aromatic nitrogens is 4. The third kappa shape index (κ3) is 5.57. The molecule has 10 heteroatoms. The van der Waals surface area contributed by atoms with Crippen LogP contribution in [0.3, 0.4) is 0 Å². The quantitative estimate of drug-likeness (QED) is 0.450. The summed E-state index contributed by atoms with van der Waals surface area (Å²) in [7, 11) is 0. The van der Waals surface area contributed by atoms with Crippen molar-refractivity contribution in [1.82, 2.24) is 20.4 Å². The summed E-state index contributed by atoms with van der Waals surface area (Å²) in [6.45, 7) is 0. The predicted molar refractivity (Wildman–Crippen MR) is 117 cm³/mol. The van der Waals surface area contributed by atoms with Crippen LogP contribution >= 0.6 is 22.7 Å². The molecular weight excluding hydrogens is 420 g/mol. The van der Waals surface area contributed by atoms with Gasteiger partial charge in [0, 0.05) is 24.7 Å². The highest BCUT2D eigenvalue weighted by molar-refractivity contribution is 7.15. The van der Waals surface area contributed by atoms with Crippen LogP contribution in [-0.4, -0.2) is 32.2 Å². The van der Waals surface area contributed by atoms with Crippen molar-refractivity contribution >= 4 is 44.8 Å². The van der Waals surface area contributed by atoms with Crippen LogP contribution in [0.15, 0.2) is 24.3 Å². The Morgan fingerprint density at radius 1 is 0.733 bits per heavy atom. The third-order valence-corrected chi connectivity index (χ3v) is 6.98. The van der Waals surface area contributed by atoms with Crippen molar-refractivity contribution in [3.05, 3.63) is 34.3 Å². The molecule has 0 spiro atoms. The Morgan fingerprint density at radius 3 is 1.53 bits per heavy atom. The van der Waals surface area contributed by atoms with E-state index in [1.54, 1.807) is 0 Å². The first-order valence-corrected chi connectivity index (χ1v) is 11.9. The van der Waals surface area contributed by atoms with Crippen molar-refractivity contribution in [3.8, 4) is 0 Å². The van der Waals surface area contributed by atoms with E-state index in [0.29, 0.717) is 10.3 Å². The second-order valence-corrected chi connectivity index (χ2v) is 9.59. The molecule has 0 radical (unpaired) electrons. The van der Waals surface area contributed by atoms with Crippen LogP contribution in [-0.2, 0) is 22.4 Å². The monoisotopic (exact) mass is 444 g/mol. The molecular formula is C20H24N6O2S2. The predicted octanol–water partition coefficient (Wildman–Crippen LogP) is 3.76. The zero-order valence-electron chi connectivity index (χ0n) is 16.5. The van der Waals surface area contributed by atoms with Crippen molar-refractivity contribution in [3.63, 3.8) is 0 Å². The number of nitrogens with one attached hydrogen (secondary N) is 2. The molecule has 0 aliphatic heterocycles. The number of amides is 2. The van der Waals surface area contributed by atoms with E-state index < -0.39 is 0 Å². The van der Waals surface area contributed by atoms with Crippen LogP contribution in [0.2, 0.25) is 0 Å². The summed E-state index contributed by atoms with van der Waals surface area (Å²) in [4.78, 5) is 24.3. The number of carbonyl (C=O) groups is 2. The summed E-state index contributed by atoms with van der Waals surface area (Å²) >= 11 is 2.87. The Kier molecular flexibility index (Phi) is 6.96. The third-order valence-electron chi connectivity index (χ3n) is 5.18. The molecule has 0 fully saturated rings. The summed E-state index contributed by atoms with van der Waals surface area (Å²) in [5, 5.41) is 25.2. The second-order valence-electron chi connectivity index (χ2n) is 7.47. The van der Waals surface area contributed by atoms with E-state index in [1.165, 1.54) is 22.7 Å². The van der Waals surface area contributed by atoms with E-state index in [0.717, 1.165) is 61.4 Å². The lowest BCUT2D eigenvalue weighted by Crippen LogP contribution is -2.20. The minimum Gasteiger partial charge on any atom is -0.300 e. The molecule has 2 aromatic heterocycles. The molecule has 0 unspecified atom stereocenters. The molecule has 0 saturated heterocycles. The lowest BCUT2D eigenvalue weighted by Gasteiger charge is -2.06. The Balaban J connectivity index is 1.15. The summed E-state index contributed by atoms with van der Waals surface area (Å²) < 4.78 is 0. The first-order valence-electron chi connectivity index (χ1n) is 10.2. The molecule has 0 bridgehead atoms. The van der Waals surface area contributed by atoms with Crippen LogP contribution in [0.4, 0.5) is 10.3 Å². The number of anilines is 2. The van der Waals surface area contributed by atoms with Gasteiger partial charge in [0.25, 0.3) is 0 Å². The molecule has 0 saturated carbocycles. The van der Waals surface area contributed by atoms with Gasteiger partial charge in [0.05, 0.1) is 0 Å². The van der Waals surface area contributed by atoms with E-state index in [9.17, 15) is 9.59 Å². The lowest BCUT2D eigenvalue weighted by atomic mass is 10.1. The summed E-state index contributed by atoms with van der Waals surface area (Å²) in [6.07, 6.45) is 14.9. The Morgan fingerprint density at radius 2 is 1.13 bits per heavy atom. The van der Waals surface area contributed by atoms with Crippen LogP contribution in [0, 0.1) is 11.8 Å². The lowest BCUT2D eigenvalue weighted by molar-refractivity contribution is -0.120. The number of allylic oxidation sites excluding steroid dienone is 4. The van der Waals surface area contributed by atoms with Gasteiger partial charge < -0.3 is 10.6 Å². The minimum atomic E-state index is 0.0195. The van der Waals surface area contributed by atoms with E-state index in [4.69, 9.17) is 0 Å². The normalized spacial score (nSPS) is 16.4. The number of carbonyl (C=O) groups excluding carboxylic acids is 2. The minimum absolute atomic E-state index is 0.0195. The maximum Gasteiger partial charge on any atom is 0.229 e. The maximum absolute atomic E-state index is 12.1. The number of unbranched alkanes of at least 4 members (excludes halogenated alkanes) is 1. The molecule has 2 aliphatic carbocycles. The van der Waals surface area contributed by atoms with Gasteiger partial charge >= 0.3 is 0 Å². The molecule has 2 aromatic rings. The van der Waals surface area contributed by atoms with Crippen LogP contribution in [0.25, 0.3) is 0 Å². The van der Waals surface area contributed by atoms with Crippen molar-refractivity contribution < 1.29 is 9.59 Å². The van der Waals surface area contributed by atoms with Gasteiger partial charge in [-0.15, -0.1) is 20.4 Å². The van der Waals surface area contributed by atoms with Crippen molar-refractivity contribution in [1.29, 1.82) is 0 Å². The van der Waals surface area contributed by atoms with E-state index in [1.807, 2.05) is 24.3 Å². The van der Waals surface area contributed by atoms with Crippen molar-refractivity contribution in [2.75, 3.05) is 10.6 Å². The fourth-order valence-electron chi connectivity index (χ4n) is 3.44. The van der Waals surface area contributed by atoms with Gasteiger partial charge in [-0.05, 0) is 38.5 Å². The summed E-state index contributed by atoms with van der Waals surface area (Å²) in [6, 6.07) is 0. The standard InChI is InChI=1S/C20H24N6O2S2/c27-17(13-7-1-2-8-13)21-19-25-23-15(29-19)11-5-6-12-16-24-26-20(30-16)22-18(28)14-9-3-4-10-14/h1-4,13-14H,5-12H2,(H,21,25,27)(H,22,26,28). The molecule has 30 heavy (non-hydrogen) atoms. The topological polar surface area (TPSA) is 110 Å². The number of hydrogen-bond acceptors (Lipinski definition) is 8. The van der Waals surface area contributed by atoms with Gasteiger partial charge in [0.15, 0.2) is 0 Å². The molecule has 4 rings (SSSR count). The van der Waals surface area contributed by atoms with Crippen molar-refractivity contribution in [2.45, 2.75) is 51.4 Å². The van der Waals surface area contributed by atoms with Gasteiger partial charge in [-0.2, -0.15) is 0 Å². The number of hydrogen-bond donors (Lipinski definition) is 2. The largest absolute Gasteiger partial charge is 0.300 e. The highest BCUT2D eigenvalue weighted by atomic mass is 32.1. The average molecular weight is 445 g/mol. The smallest absolute Gasteiger partial charge is 0.229 e. The van der Waals surface area contributed by atoms with Crippen LogP contribution < -0.4 is 10.6 Å². The fourth-order valence-corrected chi connectivity index (χ4v) is 5.01. The SMILES string of the molecule is O=C(Nc1nnc(CCCCc2nnc(NC(=O)C3CC=CC3)s2)s1)C1CC=CC1. The summed E-state index contributed by atoms with van der Waals surface area (Å²) in [5.74, 6) is 0.0830. The molecule has 2 aliphatic rings. The van der Waals surface area contributed by atoms with Gasteiger partial charge in [-0.1, -0.05) is 47.0 Å². The molecule has 0 aromatic carbocycles. The first kappa shape index (κ1) is 20.8. The molecule has 2 heterocycles. The van der Waals surface area contributed by atoms with E-state index >= 15 is 0 Å². The molecule has 0 atom stereocenters. The maximum atomic E-state index is 12.1. The van der Waals surface area contributed by atoms with Crippen LogP contribution in [0.1, 0.15) is 48.5 Å². The van der Waals surface area contributed by atoms with Gasteiger partial charge in [-0.25, -0.2) is 0 Å². The number of nitrogens with zero attached hydrogens (tertiary/aromatic N) is 4. The molecule has 158 valence electrons. The van der Waals surface area contributed by atoms with Gasteiger partial charge in [-0.3, -0.25) is 9.59 Å².